The Balaban J connectivity index is 1.79. The summed E-state index contributed by atoms with van der Waals surface area (Å²) < 4.78 is 7.54. The van der Waals surface area contributed by atoms with Gasteiger partial charge in [0.1, 0.15) is 16.9 Å². The Kier molecular flexibility index (Phi) is 6.93. The van der Waals surface area contributed by atoms with Crippen LogP contribution in [0.3, 0.4) is 0 Å². The zero-order valence-electron chi connectivity index (χ0n) is 18.6. The highest BCUT2D eigenvalue weighted by atomic mass is 16.5. The molecule has 166 valence electrons. The molecule has 1 saturated heterocycles. The second kappa shape index (κ2) is 10.0. The van der Waals surface area contributed by atoms with Gasteiger partial charge in [0.15, 0.2) is 5.82 Å². The second-order valence-corrected chi connectivity index (χ2v) is 7.64. The first kappa shape index (κ1) is 21.5. The summed E-state index contributed by atoms with van der Waals surface area (Å²) in [4.78, 5) is 16.7. The van der Waals surface area contributed by atoms with Crippen molar-refractivity contribution in [2.75, 3.05) is 43.1 Å². The van der Waals surface area contributed by atoms with E-state index in [1.165, 1.54) is 0 Å². The predicted molar refractivity (Wildman–Crippen MR) is 123 cm³/mol. The number of fused-ring (bicyclic) bond motifs is 1. The Morgan fingerprint density at radius 1 is 1.23 bits per heavy atom. The van der Waals surface area contributed by atoms with Crippen LogP contribution >= 0.6 is 0 Å². The van der Waals surface area contributed by atoms with Crippen molar-refractivity contribution in [2.45, 2.75) is 46.2 Å². The molecule has 0 saturated carbocycles. The number of pyridine rings is 1. The smallest absolute Gasteiger partial charge is 0.228 e. The molecule has 0 spiro atoms. The second-order valence-electron chi connectivity index (χ2n) is 7.64. The Morgan fingerprint density at radius 3 is 2.87 bits per heavy atom. The minimum atomic E-state index is 0.444. The Labute approximate surface area is 183 Å². The van der Waals surface area contributed by atoms with Crippen molar-refractivity contribution in [2.24, 2.45) is 0 Å². The zero-order valence-corrected chi connectivity index (χ0v) is 18.6. The number of ether oxygens (including phenoxy) is 1. The van der Waals surface area contributed by atoms with Gasteiger partial charge in [0, 0.05) is 38.5 Å². The molecule has 1 aliphatic heterocycles. The highest BCUT2D eigenvalue weighted by Gasteiger charge is 2.24. The van der Waals surface area contributed by atoms with Crippen LogP contribution in [-0.2, 0) is 17.7 Å². The largest absolute Gasteiger partial charge is 0.380 e. The van der Waals surface area contributed by atoms with Crippen molar-refractivity contribution >= 4 is 28.6 Å². The van der Waals surface area contributed by atoms with Crippen molar-refractivity contribution < 1.29 is 4.74 Å². The van der Waals surface area contributed by atoms with Crippen LogP contribution in [-0.4, -0.2) is 63.6 Å². The Hall–Kier alpha value is -2.78. The van der Waals surface area contributed by atoms with Gasteiger partial charge in [-0.05, 0) is 31.9 Å². The molecule has 0 radical (unpaired) electrons. The van der Waals surface area contributed by atoms with Gasteiger partial charge in [0.25, 0.3) is 0 Å². The van der Waals surface area contributed by atoms with Crippen LogP contribution in [0.2, 0.25) is 0 Å². The van der Waals surface area contributed by atoms with E-state index in [4.69, 9.17) is 19.8 Å². The van der Waals surface area contributed by atoms with Gasteiger partial charge in [-0.1, -0.05) is 19.9 Å². The normalized spacial score (nSPS) is 16.7. The Morgan fingerprint density at radius 2 is 2.13 bits per heavy atom. The SMILES string of the molecule is CCOCCn1nc(CC)c2nc(N3CCN[C@H](CC)C3)nc(Nc3ccccn3)c21. The van der Waals surface area contributed by atoms with Gasteiger partial charge in [-0.25, -0.2) is 9.97 Å². The molecule has 0 bridgehead atoms. The van der Waals surface area contributed by atoms with Crippen molar-refractivity contribution in [1.29, 1.82) is 0 Å². The molecule has 0 unspecified atom stereocenters. The lowest BCUT2D eigenvalue weighted by Gasteiger charge is -2.33. The third-order valence-electron chi connectivity index (χ3n) is 5.57. The summed E-state index contributed by atoms with van der Waals surface area (Å²) in [5.41, 5.74) is 2.77. The monoisotopic (exact) mass is 424 g/mol. The topological polar surface area (TPSA) is 93.0 Å². The van der Waals surface area contributed by atoms with Gasteiger partial charge in [-0.15, -0.1) is 0 Å². The number of anilines is 3. The molecule has 1 aliphatic rings. The highest BCUT2D eigenvalue weighted by molar-refractivity contribution is 5.90. The first-order valence-corrected chi connectivity index (χ1v) is 11.2. The molecule has 3 aromatic heterocycles. The third kappa shape index (κ3) is 4.77. The fraction of sp³-hybridized carbons (Fsp3) is 0.545. The van der Waals surface area contributed by atoms with E-state index in [2.05, 4.69) is 34.4 Å². The number of aryl methyl sites for hydroxylation is 1. The fourth-order valence-corrected chi connectivity index (χ4v) is 3.89. The van der Waals surface area contributed by atoms with Crippen molar-refractivity contribution in [3.63, 3.8) is 0 Å². The van der Waals surface area contributed by atoms with Crippen LogP contribution in [0.15, 0.2) is 24.4 Å². The number of nitrogens with one attached hydrogen (secondary N) is 2. The van der Waals surface area contributed by atoms with E-state index in [0.717, 1.165) is 66.8 Å². The summed E-state index contributed by atoms with van der Waals surface area (Å²) in [5.74, 6) is 2.22. The molecule has 0 aromatic carbocycles. The molecule has 0 aliphatic carbocycles. The van der Waals surface area contributed by atoms with Crippen LogP contribution in [0.4, 0.5) is 17.6 Å². The maximum Gasteiger partial charge on any atom is 0.228 e. The van der Waals surface area contributed by atoms with Crippen molar-refractivity contribution in [3.05, 3.63) is 30.1 Å². The molecule has 9 heteroatoms. The van der Waals surface area contributed by atoms with E-state index in [9.17, 15) is 0 Å². The summed E-state index contributed by atoms with van der Waals surface area (Å²) in [5, 5.41) is 11.8. The average Bonchev–Trinajstić information content (AvgIpc) is 3.18. The molecule has 2 N–H and O–H groups in total. The van der Waals surface area contributed by atoms with E-state index >= 15 is 0 Å². The van der Waals surface area contributed by atoms with Gasteiger partial charge >= 0.3 is 0 Å². The highest BCUT2D eigenvalue weighted by Crippen LogP contribution is 2.29. The molecule has 1 fully saturated rings. The molecule has 3 aromatic rings. The van der Waals surface area contributed by atoms with Crippen LogP contribution in [0.5, 0.6) is 0 Å². The number of hydrogen-bond donors (Lipinski definition) is 2. The quantitative estimate of drug-likeness (QED) is 0.507. The molecular formula is C22H32N8O. The summed E-state index contributed by atoms with van der Waals surface area (Å²) in [7, 11) is 0. The summed E-state index contributed by atoms with van der Waals surface area (Å²) in [6.07, 6.45) is 3.65. The van der Waals surface area contributed by atoms with Gasteiger partial charge in [-0.3, -0.25) is 4.68 Å². The zero-order chi connectivity index (χ0) is 21.6. The van der Waals surface area contributed by atoms with Gasteiger partial charge in [-0.2, -0.15) is 10.1 Å². The van der Waals surface area contributed by atoms with E-state index in [-0.39, 0.29) is 0 Å². The van der Waals surface area contributed by atoms with E-state index in [1.807, 2.05) is 29.8 Å². The lowest BCUT2D eigenvalue weighted by atomic mass is 10.1. The van der Waals surface area contributed by atoms with Crippen molar-refractivity contribution in [3.8, 4) is 0 Å². The molecular weight excluding hydrogens is 392 g/mol. The lowest BCUT2D eigenvalue weighted by Crippen LogP contribution is -2.51. The van der Waals surface area contributed by atoms with Gasteiger partial charge < -0.3 is 20.3 Å². The van der Waals surface area contributed by atoms with Crippen LogP contribution in [0, 0.1) is 0 Å². The molecule has 9 nitrogen and oxygen atoms in total. The average molecular weight is 425 g/mol. The lowest BCUT2D eigenvalue weighted by molar-refractivity contribution is 0.137. The predicted octanol–water partition coefficient (Wildman–Crippen LogP) is 2.75. The standard InChI is InChI=1S/C22H32N8O/c1-4-16-15-29(12-11-23-16)22-26-19-17(5-2)28-30(13-14-31-6-3)20(19)21(27-22)25-18-9-7-8-10-24-18/h7-10,16,23H,4-6,11-15H2,1-3H3,(H,24,25,26,27)/t16-/m1/s1. The third-order valence-corrected chi connectivity index (χ3v) is 5.57. The minimum absolute atomic E-state index is 0.444. The fourth-order valence-electron chi connectivity index (χ4n) is 3.89. The maximum atomic E-state index is 5.58. The van der Waals surface area contributed by atoms with E-state index in [1.54, 1.807) is 6.20 Å². The molecule has 4 rings (SSSR count). The molecule has 0 amide bonds. The number of rotatable bonds is 9. The van der Waals surface area contributed by atoms with Crippen LogP contribution in [0.25, 0.3) is 11.0 Å². The minimum Gasteiger partial charge on any atom is -0.380 e. The molecule has 31 heavy (non-hydrogen) atoms. The Bertz CT molecular complexity index is 990. The number of aromatic nitrogens is 5. The number of piperazine rings is 1. The maximum absolute atomic E-state index is 5.58. The summed E-state index contributed by atoms with van der Waals surface area (Å²) >= 11 is 0. The first-order chi connectivity index (χ1) is 15.2. The van der Waals surface area contributed by atoms with Crippen LogP contribution in [0.1, 0.15) is 32.9 Å². The number of nitrogens with zero attached hydrogens (tertiary/aromatic N) is 6. The van der Waals surface area contributed by atoms with Crippen LogP contribution < -0.4 is 15.5 Å². The summed E-state index contributed by atoms with van der Waals surface area (Å²) in [6.45, 7) is 10.9. The first-order valence-electron chi connectivity index (χ1n) is 11.2. The summed E-state index contributed by atoms with van der Waals surface area (Å²) in [6, 6.07) is 6.24. The van der Waals surface area contributed by atoms with E-state index < -0.39 is 0 Å². The molecule has 1 atom stereocenters. The van der Waals surface area contributed by atoms with Gasteiger partial charge in [0.05, 0.1) is 18.8 Å². The van der Waals surface area contributed by atoms with Gasteiger partial charge in [0.2, 0.25) is 5.95 Å². The molecule has 4 heterocycles. The number of hydrogen-bond acceptors (Lipinski definition) is 8. The van der Waals surface area contributed by atoms with Crippen molar-refractivity contribution in [1.82, 2.24) is 30.0 Å². The van der Waals surface area contributed by atoms with E-state index in [0.29, 0.717) is 25.8 Å².